The van der Waals surface area contributed by atoms with Crippen LogP contribution in [0.25, 0.3) is 5.65 Å². The largest absolute Gasteiger partial charge is 0.385 e. The highest BCUT2D eigenvalue weighted by Gasteiger charge is 2.29. The van der Waals surface area contributed by atoms with E-state index in [0.717, 1.165) is 17.2 Å². The molecule has 4 heteroatoms. The molecule has 1 unspecified atom stereocenters. The third kappa shape index (κ3) is 1.77. The van der Waals surface area contributed by atoms with Crippen LogP contribution < -0.4 is 5.73 Å². The molecule has 96 valence electrons. The van der Waals surface area contributed by atoms with Gasteiger partial charge in [0.15, 0.2) is 0 Å². The molecule has 0 aromatic carbocycles. The first-order valence-corrected chi connectivity index (χ1v) is 6.66. The first-order chi connectivity index (χ1) is 8.66. The van der Waals surface area contributed by atoms with Gasteiger partial charge in [0.05, 0.1) is 11.7 Å². The molecule has 1 aliphatic heterocycles. The van der Waals surface area contributed by atoms with Gasteiger partial charge in [-0.3, -0.25) is 9.30 Å². The molecule has 18 heavy (non-hydrogen) atoms. The predicted octanol–water partition coefficient (Wildman–Crippen LogP) is 2.46. The Kier molecular flexibility index (Phi) is 2.74. The third-order valence-corrected chi connectivity index (χ3v) is 3.84. The summed E-state index contributed by atoms with van der Waals surface area (Å²) in [6, 6.07) is 6.89. The van der Waals surface area contributed by atoms with Gasteiger partial charge in [0.25, 0.3) is 0 Å². The molecule has 0 amide bonds. The third-order valence-electron chi connectivity index (χ3n) is 3.84. The van der Waals surface area contributed by atoms with Crippen LogP contribution >= 0.6 is 0 Å². The van der Waals surface area contributed by atoms with Crippen molar-refractivity contribution in [3.63, 3.8) is 0 Å². The van der Waals surface area contributed by atoms with E-state index < -0.39 is 0 Å². The lowest BCUT2D eigenvalue weighted by molar-refractivity contribution is 0.202. The minimum absolute atomic E-state index is 0.448. The molecule has 1 aliphatic rings. The number of rotatable bonds is 2. The van der Waals surface area contributed by atoms with E-state index in [1.54, 1.807) is 0 Å². The summed E-state index contributed by atoms with van der Waals surface area (Å²) >= 11 is 0. The summed E-state index contributed by atoms with van der Waals surface area (Å²) in [5.41, 5.74) is 8.07. The van der Waals surface area contributed by atoms with Gasteiger partial charge in [-0.25, -0.2) is 4.98 Å². The molecular formula is C14H20N4. The van der Waals surface area contributed by atoms with E-state index in [9.17, 15) is 0 Å². The fourth-order valence-corrected chi connectivity index (χ4v) is 2.94. The van der Waals surface area contributed by atoms with Gasteiger partial charge in [0.2, 0.25) is 0 Å². The highest BCUT2D eigenvalue weighted by molar-refractivity contribution is 5.49. The summed E-state index contributed by atoms with van der Waals surface area (Å²) in [5, 5.41) is 0. The van der Waals surface area contributed by atoms with E-state index in [1.165, 1.54) is 19.4 Å². The van der Waals surface area contributed by atoms with Crippen molar-refractivity contribution < 1.29 is 0 Å². The number of aromatic nitrogens is 2. The molecular weight excluding hydrogens is 224 g/mol. The second kappa shape index (κ2) is 4.28. The first kappa shape index (κ1) is 11.5. The summed E-state index contributed by atoms with van der Waals surface area (Å²) < 4.78 is 1.98. The number of nitrogens with zero attached hydrogens (tertiary/aromatic N) is 3. The Morgan fingerprint density at radius 3 is 2.94 bits per heavy atom. The summed E-state index contributed by atoms with van der Waals surface area (Å²) in [5.74, 6) is 0.750. The fourth-order valence-electron chi connectivity index (χ4n) is 2.94. The van der Waals surface area contributed by atoms with Gasteiger partial charge in [-0.2, -0.15) is 0 Å². The highest BCUT2D eigenvalue weighted by atomic mass is 15.2. The Balaban J connectivity index is 2.01. The minimum Gasteiger partial charge on any atom is -0.385 e. The maximum absolute atomic E-state index is 5.97. The summed E-state index contributed by atoms with van der Waals surface area (Å²) in [6.07, 6.45) is 4.55. The molecule has 0 aliphatic carbocycles. The minimum atomic E-state index is 0.448. The normalized spacial score (nSPS) is 21.2. The number of imidazole rings is 1. The Morgan fingerprint density at radius 1 is 1.39 bits per heavy atom. The second-order valence-corrected chi connectivity index (χ2v) is 5.33. The molecule has 0 saturated carbocycles. The molecule has 0 radical (unpaired) electrons. The zero-order chi connectivity index (χ0) is 12.7. The van der Waals surface area contributed by atoms with E-state index in [4.69, 9.17) is 10.7 Å². The van der Waals surface area contributed by atoms with E-state index >= 15 is 0 Å². The summed E-state index contributed by atoms with van der Waals surface area (Å²) in [7, 11) is 0. The van der Waals surface area contributed by atoms with Gasteiger partial charge in [0.1, 0.15) is 11.5 Å². The first-order valence-electron chi connectivity index (χ1n) is 6.66. The van der Waals surface area contributed by atoms with Crippen LogP contribution in [0.3, 0.4) is 0 Å². The molecule has 0 spiro atoms. The topological polar surface area (TPSA) is 46.6 Å². The fraction of sp³-hybridized carbons (Fsp3) is 0.500. The van der Waals surface area contributed by atoms with Crippen LogP contribution in [0.1, 0.15) is 38.4 Å². The van der Waals surface area contributed by atoms with Crippen LogP contribution in [0.15, 0.2) is 24.4 Å². The SMILES string of the molecule is CC(C)N1CCCC1c1cn2c(N)cccc2n1. The highest BCUT2D eigenvalue weighted by Crippen LogP contribution is 2.33. The molecule has 2 aromatic heterocycles. The van der Waals surface area contributed by atoms with Crippen molar-refractivity contribution in [2.75, 3.05) is 12.3 Å². The van der Waals surface area contributed by atoms with Gasteiger partial charge >= 0.3 is 0 Å². The van der Waals surface area contributed by atoms with Crippen LogP contribution in [0, 0.1) is 0 Å². The Labute approximate surface area is 107 Å². The van der Waals surface area contributed by atoms with Gasteiger partial charge in [0, 0.05) is 12.2 Å². The maximum Gasteiger partial charge on any atom is 0.138 e. The number of fused-ring (bicyclic) bond motifs is 1. The van der Waals surface area contributed by atoms with Crippen LogP contribution in [0.4, 0.5) is 5.82 Å². The molecule has 0 bridgehead atoms. The zero-order valence-electron chi connectivity index (χ0n) is 11.0. The second-order valence-electron chi connectivity index (χ2n) is 5.33. The lowest BCUT2D eigenvalue weighted by Gasteiger charge is -2.26. The average molecular weight is 244 g/mol. The number of hydrogen-bond donors (Lipinski definition) is 1. The van der Waals surface area contributed by atoms with Gasteiger partial charge in [-0.1, -0.05) is 6.07 Å². The Bertz CT molecular complexity index is 558. The molecule has 2 aromatic rings. The monoisotopic (exact) mass is 244 g/mol. The Hall–Kier alpha value is -1.55. The number of anilines is 1. The number of pyridine rings is 1. The zero-order valence-corrected chi connectivity index (χ0v) is 11.0. The van der Waals surface area contributed by atoms with Crippen LogP contribution in [-0.4, -0.2) is 26.9 Å². The van der Waals surface area contributed by atoms with Crippen molar-refractivity contribution >= 4 is 11.5 Å². The van der Waals surface area contributed by atoms with E-state index in [0.29, 0.717) is 12.1 Å². The van der Waals surface area contributed by atoms with E-state index in [-0.39, 0.29) is 0 Å². The van der Waals surface area contributed by atoms with Crippen molar-refractivity contribution in [1.29, 1.82) is 0 Å². The standard InChI is InChI=1S/C14H20N4/c1-10(2)17-8-4-5-12(17)11-9-18-13(15)6-3-7-14(18)16-11/h3,6-7,9-10,12H,4-5,8,15H2,1-2H3. The molecule has 1 fully saturated rings. The smallest absolute Gasteiger partial charge is 0.138 e. The maximum atomic E-state index is 5.97. The van der Waals surface area contributed by atoms with Crippen molar-refractivity contribution in [2.45, 2.75) is 38.8 Å². The number of hydrogen-bond acceptors (Lipinski definition) is 3. The lowest BCUT2D eigenvalue weighted by Crippen LogP contribution is -2.30. The van der Waals surface area contributed by atoms with Crippen molar-refractivity contribution in [1.82, 2.24) is 14.3 Å². The van der Waals surface area contributed by atoms with Crippen LogP contribution in [-0.2, 0) is 0 Å². The Morgan fingerprint density at radius 2 is 2.22 bits per heavy atom. The molecule has 4 nitrogen and oxygen atoms in total. The summed E-state index contributed by atoms with van der Waals surface area (Å²) in [4.78, 5) is 7.26. The number of likely N-dealkylation sites (tertiary alicyclic amines) is 1. The van der Waals surface area contributed by atoms with Crippen molar-refractivity contribution in [3.05, 3.63) is 30.1 Å². The van der Waals surface area contributed by atoms with E-state index in [1.807, 2.05) is 22.6 Å². The lowest BCUT2D eigenvalue weighted by atomic mass is 10.1. The van der Waals surface area contributed by atoms with Gasteiger partial charge < -0.3 is 5.73 Å². The van der Waals surface area contributed by atoms with Crippen molar-refractivity contribution in [3.8, 4) is 0 Å². The number of nitrogen functional groups attached to an aromatic ring is 1. The average Bonchev–Trinajstić information content (AvgIpc) is 2.95. The van der Waals surface area contributed by atoms with E-state index in [2.05, 4.69) is 24.9 Å². The number of nitrogens with two attached hydrogens (primary N) is 1. The quantitative estimate of drug-likeness (QED) is 0.882. The van der Waals surface area contributed by atoms with Gasteiger partial charge in [-0.05, 0) is 45.4 Å². The van der Waals surface area contributed by atoms with Crippen molar-refractivity contribution in [2.24, 2.45) is 0 Å². The molecule has 1 saturated heterocycles. The molecule has 1 atom stereocenters. The summed E-state index contributed by atoms with van der Waals surface area (Å²) in [6.45, 7) is 5.68. The predicted molar refractivity (Wildman–Crippen MR) is 73.4 cm³/mol. The molecule has 2 N–H and O–H groups in total. The van der Waals surface area contributed by atoms with Crippen LogP contribution in [0.5, 0.6) is 0 Å². The van der Waals surface area contributed by atoms with Crippen LogP contribution in [0.2, 0.25) is 0 Å². The molecule has 3 heterocycles. The molecule has 3 rings (SSSR count). The van der Waals surface area contributed by atoms with Gasteiger partial charge in [-0.15, -0.1) is 0 Å².